The molecule has 1 aromatic carbocycles. The first-order chi connectivity index (χ1) is 16.1. The highest BCUT2D eigenvalue weighted by Crippen LogP contribution is 2.31. The maximum atomic E-state index is 12.7. The number of nitrogens with one attached hydrogen (secondary N) is 1. The van der Waals surface area contributed by atoms with Gasteiger partial charge in [0.25, 0.3) is 0 Å². The van der Waals surface area contributed by atoms with Crippen molar-refractivity contribution in [2.45, 2.75) is 51.0 Å². The Balaban J connectivity index is 1.22. The van der Waals surface area contributed by atoms with E-state index < -0.39 is 0 Å². The van der Waals surface area contributed by atoms with Gasteiger partial charge in [-0.3, -0.25) is 14.5 Å². The first-order valence-electron chi connectivity index (χ1n) is 12.1. The molecular weight excluding hydrogens is 418 g/mol. The number of rotatable bonds is 8. The van der Waals surface area contributed by atoms with Crippen LogP contribution in [-0.4, -0.2) is 71.2 Å². The molecule has 1 N–H and O–H groups in total. The first kappa shape index (κ1) is 23.3. The maximum absolute atomic E-state index is 12.7. The Labute approximate surface area is 195 Å². The van der Waals surface area contributed by atoms with Crippen molar-refractivity contribution >= 4 is 17.6 Å². The summed E-state index contributed by atoms with van der Waals surface area (Å²) in [5, 5.41) is 7.47. The standard InChI is InChI=1S/C25H35N5O3/c1-33-22-10-7-20(8-11-22)9-12-25(32)29-16-4-15-28(17-18-29)19-24(31)27-23-13-14-26-30(23)21-5-2-3-6-21/h7-8,10-11,13-14,21H,2-6,9,12,15-19H2,1H3,(H,27,31). The van der Waals surface area contributed by atoms with E-state index in [0.717, 1.165) is 55.9 Å². The number of anilines is 1. The number of aromatic nitrogens is 2. The highest BCUT2D eigenvalue weighted by atomic mass is 16.5. The molecule has 2 aromatic rings. The second-order valence-corrected chi connectivity index (χ2v) is 9.01. The summed E-state index contributed by atoms with van der Waals surface area (Å²) in [4.78, 5) is 29.5. The molecule has 1 saturated carbocycles. The third-order valence-electron chi connectivity index (χ3n) is 6.70. The van der Waals surface area contributed by atoms with Crippen molar-refractivity contribution in [3.05, 3.63) is 42.1 Å². The normalized spacial score (nSPS) is 17.7. The Hall–Kier alpha value is -2.87. The SMILES string of the molecule is COc1ccc(CCC(=O)N2CCCN(CC(=O)Nc3ccnn3C3CCCC3)CC2)cc1. The zero-order valence-electron chi connectivity index (χ0n) is 19.5. The van der Waals surface area contributed by atoms with Gasteiger partial charge in [0.05, 0.1) is 25.9 Å². The average Bonchev–Trinajstić information content (AvgIpc) is 3.46. The lowest BCUT2D eigenvalue weighted by atomic mass is 10.1. The number of hydrogen-bond donors (Lipinski definition) is 1. The molecule has 0 spiro atoms. The maximum Gasteiger partial charge on any atom is 0.239 e. The van der Waals surface area contributed by atoms with Crippen molar-refractivity contribution in [3.63, 3.8) is 0 Å². The van der Waals surface area contributed by atoms with Crippen molar-refractivity contribution in [2.75, 3.05) is 45.2 Å². The molecule has 1 aliphatic heterocycles. The molecule has 178 valence electrons. The fraction of sp³-hybridized carbons (Fsp3) is 0.560. The van der Waals surface area contributed by atoms with E-state index in [2.05, 4.69) is 15.3 Å². The molecule has 2 heterocycles. The lowest BCUT2D eigenvalue weighted by Gasteiger charge is -2.22. The van der Waals surface area contributed by atoms with Crippen LogP contribution < -0.4 is 10.1 Å². The topological polar surface area (TPSA) is 79.7 Å². The minimum absolute atomic E-state index is 0.0194. The predicted molar refractivity (Wildman–Crippen MR) is 127 cm³/mol. The third-order valence-corrected chi connectivity index (χ3v) is 6.70. The number of nitrogens with zero attached hydrogens (tertiary/aromatic N) is 4. The minimum atomic E-state index is -0.0194. The van der Waals surface area contributed by atoms with E-state index >= 15 is 0 Å². The largest absolute Gasteiger partial charge is 0.497 e. The van der Waals surface area contributed by atoms with Gasteiger partial charge in [-0.1, -0.05) is 25.0 Å². The van der Waals surface area contributed by atoms with E-state index in [0.29, 0.717) is 32.1 Å². The molecule has 0 atom stereocenters. The quantitative estimate of drug-likeness (QED) is 0.664. The van der Waals surface area contributed by atoms with Crippen LogP contribution in [0.25, 0.3) is 0 Å². The van der Waals surface area contributed by atoms with Crippen LogP contribution in [0.4, 0.5) is 5.82 Å². The number of carbonyl (C=O) groups excluding carboxylic acids is 2. The third kappa shape index (κ3) is 6.35. The summed E-state index contributed by atoms with van der Waals surface area (Å²) < 4.78 is 7.16. The molecule has 0 bridgehead atoms. The summed E-state index contributed by atoms with van der Waals surface area (Å²) in [6.07, 6.45) is 8.55. The highest BCUT2D eigenvalue weighted by molar-refractivity contribution is 5.91. The van der Waals surface area contributed by atoms with Crippen molar-refractivity contribution in [1.29, 1.82) is 0 Å². The molecule has 8 heteroatoms. The van der Waals surface area contributed by atoms with Crippen LogP contribution in [0.2, 0.25) is 0 Å². The molecule has 1 aromatic heterocycles. The molecule has 8 nitrogen and oxygen atoms in total. The number of benzene rings is 1. The Bertz CT molecular complexity index is 920. The van der Waals surface area contributed by atoms with E-state index in [1.807, 2.05) is 39.9 Å². The lowest BCUT2D eigenvalue weighted by Crippen LogP contribution is -2.38. The number of aryl methyl sites for hydroxylation is 1. The second kappa shape index (κ2) is 11.3. The van der Waals surface area contributed by atoms with E-state index in [4.69, 9.17) is 4.74 Å². The summed E-state index contributed by atoms with van der Waals surface area (Å²) in [6.45, 7) is 3.27. The molecule has 1 saturated heterocycles. The Morgan fingerprint density at radius 3 is 2.58 bits per heavy atom. The molecular formula is C25H35N5O3. The van der Waals surface area contributed by atoms with E-state index in [1.165, 1.54) is 12.8 Å². The summed E-state index contributed by atoms with van der Waals surface area (Å²) >= 11 is 0. The number of hydrogen-bond acceptors (Lipinski definition) is 5. The van der Waals surface area contributed by atoms with Crippen molar-refractivity contribution in [2.24, 2.45) is 0 Å². The van der Waals surface area contributed by atoms with Gasteiger partial charge in [0, 0.05) is 38.7 Å². The highest BCUT2D eigenvalue weighted by Gasteiger charge is 2.23. The smallest absolute Gasteiger partial charge is 0.239 e. The fourth-order valence-corrected chi connectivity index (χ4v) is 4.82. The van der Waals surface area contributed by atoms with Crippen molar-refractivity contribution in [1.82, 2.24) is 19.6 Å². The van der Waals surface area contributed by atoms with Crippen LogP contribution in [-0.2, 0) is 16.0 Å². The summed E-state index contributed by atoms with van der Waals surface area (Å²) in [6, 6.07) is 10.1. The molecule has 0 unspecified atom stereocenters. The molecule has 4 rings (SSSR count). The summed E-state index contributed by atoms with van der Waals surface area (Å²) in [7, 11) is 1.65. The van der Waals surface area contributed by atoms with E-state index in [9.17, 15) is 9.59 Å². The van der Waals surface area contributed by atoms with Crippen LogP contribution in [0.1, 0.15) is 50.1 Å². The van der Waals surface area contributed by atoms with Gasteiger partial charge in [0.2, 0.25) is 11.8 Å². The van der Waals surface area contributed by atoms with Crippen LogP contribution >= 0.6 is 0 Å². The average molecular weight is 454 g/mol. The molecule has 33 heavy (non-hydrogen) atoms. The Morgan fingerprint density at radius 2 is 1.82 bits per heavy atom. The molecule has 1 aliphatic carbocycles. The molecule has 2 amide bonds. The number of methoxy groups -OCH3 is 1. The van der Waals surface area contributed by atoms with Gasteiger partial charge >= 0.3 is 0 Å². The second-order valence-electron chi connectivity index (χ2n) is 9.01. The number of amides is 2. The lowest BCUT2D eigenvalue weighted by molar-refractivity contribution is -0.131. The van der Waals surface area contributed by atoms with Gasteiger partial charge in [0.15, 0.2) is 0 Å². The Morgan fingerprint density at radius 1 is 1.03 bits per heavy atom. The van der Waals surface area contributed by atoms with Gasteiger partial charge in [-0.15, -0.1) is 0 Å². The van der Waals surface area contributed by atoms with Gasteiger partial charge in [-0.2, -0.15) is 5.10 Å². The summed E-state index contributed by atoms with van der Waals surface area (Å²) in [5.41, 5.74) is 1.13. The van der Waals surface area contributed by atoms with Gasteiger partial charge in [-0.05, 0) is 43.4 Å². The predicted octanol–water partition coefficient (Wildman–Crippen LogP) is 3.11. The monoisotopic (exact) mass is 453 g/mol. The van der Waals surface area contributed by atoms with Crippen LogP contribution in [0.5, 0.6) is 5.75 Å². The van der Waals surface area contributed by atoms with E-state index in [-0.39, 0.29) is 11.8 Å². The van der Waals surface area contributed by atoms with Crippen LogP contribution in [0, 0.1) is 0 Å². The van der Waals surface area contributed by atoms with Gasteiger partial charge in [-0.25, -0.2) is 4.68 Å². The first-order valence-corrected chi connectivity index (χ1v) is 12.1. The zero-order valence-corrected chi connectivity index (χ0v) is 19.5. The van der Waals surface area contributed by atoms with E-state index in [1.54, 1.807) is 13.3 Å². The zero-order chi connectivity index (χ0) is 23.0. The minimum Gasteiger partial charge on any atom is -0.497 e. The number of carbonyl (C=O) groups is 2. The van der Waals surface area contributed by atoms with Gasteiger partial charge < -0.3 is 15.0 Å². The Kier molecular flexibility index (Phi) is 7.99. The molecule has 0 radical (unpaired) electrons. The van der Waals surface area contributed by atoms with Gasteiger partial charge in [0.1, 0.15) is 11.6 Å². The fourth-order valence-electron chi connectivity index (χ4n) is 4.82. The summed E-state index contributed by atoms with van der Waals surface area (Å²) in [5.74, 6) is 1.77. The number of ether oxygens (including phenoxy) is 1. The van der Waals surface area contributed by atoms with Crippen LogP contribution in [0.3, 0.4) is 0 Å². The van der Waals surface area contributed by atoms with Crippen molar-refractivity contribution < 1.29 is 14.3 Å². The van der Waals surface area contributed by atoms with Crippen molar-refractivity contribution in [3.8, 4) is 5.75 Å². The van der Waals surface area contributed by atoms with Crippen LogP contribution in [0.15, 0.2) is 36.5 Å². The molecule has 2 aliphatic rings. The molecule has 2 fully saturated rings.